The molecule has 2 nitrogen and oxygen atoms in total. The first-order valence-electron chi connectivity index (χ1n) is 4.56. The van der Waals surface area contributed by atoms with Gasteiger partial charge in [-0.2, -0.15) is 0 Å². The zero-order valence-electron chi connectivity index (χ0n) is 10.0. The summed E-state index contributed by atoms with van der Waals surface area (Å²) in [5.74, 6) is 0. The molecule has 76 valence electrons. The van der Waals surface area contributed by atoms with Gasteiger partial charge in [-0.05, 0) is 21.9 Å². The second-order valence-corrected chi connectivity index (χ2v) is 4.18. The predicted molar refractivity (Wildman–Crippen MR) is 65.0 cm³/mol. The minimum atomic E-state index is 0. The van der Waals surface area contributed by atoms with Crippen molar-refractivity contribution in [3.8, 4) is 0 Å². The Balaban J connectivity index is 0.00000128. The average Bonchev–Trinajstić information content (AvgIpc) is 2.24. The molecule has 0 aliphatic rings. The number of benzene rings is 2. The van der Waals surface area contributed by atoms with Crippen LogP contribution in [-0.2, 0) is 0 Å². The van der Waals surface area contributed by atoms with Gasteiger partial charge >= 0.3 is 37.7 Å². The molecule has 2 N–H and O–H groups in total. The Kier molecular flexibility index (Phi) is 7.63. The van der Waals surface area contributed by atoms with Gasteiger partial charge in [-0.25, -0.2) is 0 Å². The van der Waals surface area contributed by atoms with E-state index in [-0.39, 0.29) is 37.7 Å². The molecular weight excluding hydrogens is 218 g/mol. The summed E-state index contributed by atoms with van der Waals surface area (Å²) in [6, 6.07) is 14.8. The molecular formula is C12H10Li2N2S. The molecule has 0 aliphatic carbocycles. The van der Waals surface area contributed by atoms with Crippen molar-refractivity contribution in [1.82, 2.24) is 0 Å². The van der Waals surface area contributed by atoms with Crippen molar-refractivity contribution >= 4 is 23.1 Å². The van der Waals surface area contributed by atoms with Crippen LogP contribution in [0.5, 0.6) is 0 Å². The summed E-state index contributed by atoms with van der Waals surface area (Å²) in [6.45, 7) is 0. The van der Waals surface area contributed by atoms with E-state index in [1.807, 2.05) is 36.4 Å². The van der Waals surface area contributed by atoms with E-state index >= 15 is 0 Å². The third-order valence-corrected chi connectivity index (χ3v) is 3.15. The number of hydrogen-bond donors (Lipinski definition) is 0. The molecule has 0 aliphatic heterocycles. The van der Waals surface area contributed by atoms with Crippen molar-refractivity contribution in [2.24, 2.45) is 0 Å². The summed E-state index contributed by atoms with van der Waals surface area (Å²) < 4.78 is 0. The molecule has 2 aromatic carbocycles. The van der Waals surface area contributed by atoms with Crippen LogP contribution in [0, 0.1) is 0 Å². The Morgan fingerprint density at radius 2 is 1.00 bits per heavy atom. The van der Waals surface area contributed by atoms with Gasteiger partial charge in [0.2, 0.25) is 0 Å². The Hall–Kier alpha value is -0.415. The number of hydrogen-bond acceptors (Lipinski definition) is 1. The van der Waals surface area contributed by atoms with Crippen LogP contribution < -0.4 is 37.7 Å². The van der Waals surface area contributed by atoms with Crippen LogP contribution >= 0.6 is 11.8 Å². The summed E-state index contributed by atoms with van der Waals surface area (Å²) >= 11 is 1.47. The van der Waals surface area contributed by atoms with Gasteiger partial charge < -0.3 is 11.5 Å². The maximum Gasteiger partial charge on any atom is 1.00 e. The largest absolute Gasteiger partial charge is 1.00 e. The van der Waals surface area contributed by atoms with E-state index in [9.17, 15) is 0 Å². The van der Waals surface area contributed by atoms with Gasteiger partial charge in [-0.15, -0.1) is 11.4 Å². The topological polar surface area (TPSA) is 47.6 Å². The van der Waals surface area contributed by atoms with Crippen molar-refractivity contribution in [2.45, 2.75) is 9.79 Å². The third-order valence-electron chi connectivity index (χ3n) is 1.99. The second kappa shape index (κ2) is 7.82. The summed E-state index contributed by atoms with van der Waals surface area (Å²) in [6.07, 6.45) is 0. The molecule has 0 bridgehead atoms. The SMILES string of the molecule is [Li+].[Li+].[NH-]c1ccccc1Sc1ccccc1[NH-]. The van der Waals surface area contributed by atoms with E-state index in [1.165, 1.54) is 11.8 Å². The van der Waals surface area contributed by atoms with Crippen LogP contribution in [0.4, 0.5) is 11.4 Å². The maximum absolute atomic E-state index is 7.71. The fourth-order valence-electron chi connectivity index (χ4n) is 1.23. The summed E-state index contributed by atoms with van der Waals surface area (Å²) in [5.41, 5.74) is 16.4. The fourth-order valence-corrected chi connectivity index (χ4v) is 2.12. The zero-order chi connectivity index (χ0) is 10.7. The van der Waals surface area contributed by atoms with Crippen molar-refractivity contribution < 1.29 is 37.7 Å². The molecule has 5 heteroatoms. The van der Waals surface area contributed by atoms with E-state index < -0.39 is 0 Å². The molecule has 0 atom stereocenters. The number of rotatable bonds is 2. The first-order valence-corrected chi connectivity index (χ1v) is 5.38. The molecule has 0 unspecified atom stereocenters. The Labute approximate surface area is 130 Å². The third kappa shape index (κ3) is 4.39. The van der Waals surface area contributed by atoms with Gasteiger partial charge in [0.05, 0.1) is 0 Å². The molecule has 0 amide bonds. The minimum absolute atomic E-state index is 0. The average molecular weight is 228 g/mol. The summed E-state index contributed by atoms with van der Waals surface area (Å²) in [7, 11) is 0. The zero-order valence-corrected chi connectivity index (χ0v) is 10.8. The van der Waals surface area contributed by atoms with E-state index in [0.29, 0.717) is 11.4 Å². The summed E-state index contributed by atoms with van der Waals surface area (Å²) in [4.78, 5) is 1.77. The van der Waals surface area contributed by atoms with Crippen molar-refractivity contribution in [1.29, 1.82) is 0 Å². The Morgan fingerprint density at radius 1 is 0.647 bits per heavy atom. The normalized spacial score (nSPS) is 8.94. The van der Waals surface area contributed by atoms with E-state index in [2.05, 4.69) is 0 Å². The first kappa shape index (κ1) is 16.6. The minimum Gasteiger partial charge on any atom is -0.698 e. The molecule has 0 spiro atoms. The molecule has 0 aromatic heterocycles. The Morgan fingerprint density at radius 3 is 1.35 bits per heavy atom. The molecule has 0 fully saturated rings. The van der Waals surface area contributed by atoms with Crippen molar-refractivity contribution in [3.63, 3.8) is 0 Å². The van der Waals surface area contributed by atoms with Gasteiger partial charge in [0.25, 0.3) is 0 Å². The molecule has 0 saturated carbocycles. The predicted octanol–water partition coefficient (Wildman–Crippen LogP) is -0.787. The number of nitrogens with one attached hydrogen (secondary N) is 2. The quantitative estimate of drug-likeness (QED) is 0.621. The second-order valence-electron chi connectivity index (χ2n) is 3.09. The van der Waals surface area contributed by atoms with Crippen molar-refractivity contribution in [3.05, 3.63) is 60.0 Å². The van der Waals surface area contributed by atoms with Gasteiger partial charge in [-0.1, -0.05) is 48.2 Å². The van der Waals surface area contributed by atoms with Crippen LogP contribution in [0.2, 0.25) is 0 Å². The summed E-state index contributed by atoms with van der Waals surface area (Å²) in [5, 5.41) is 0. The van der Waals surface area contributed by atoms with E-state index in [4.69, 9.17) is 11.5 Å². The smallest absolute Gasteiger partial charge is 0.698 e. The van der Waals surface area contributed by atoms with Crippen LogP contribution in [0.15, 0.2) is 58.3 Å². The van der Waals surface area contributed by atoms with Gasteiger partial charge in [0, 0.05) is 0 Å². The first-order chi connectivity index (χ1) is 7.27. The van der Waals surface area contributed by atoms with Crippen LogP contribution in [0.25, 0.3) is 11.5 Å². The fraction of sp³-hybridized carbons (Fsp3) is 0. The van der Waals surface area contributed by atoms with Crippen LogP contribution in [0.3, 0.4) is 0 Å². The molecule has 0 heterocycles. The van der Waals surface area contributed by atoms with Crippen LogP contribution in [0.1, 0.15) is 0 Å². The van der Waals surface area contributed by atoms with Crippen molar-refractivity contribution in [2.75, 3.05) is 0 Å². The van der Waals surface area contributed by atoms with Gasteiger partial charge in [-0.3, -0.25) is 0 Å². The Bertz CT molecular complexity index is 434. The monoisotopic (exact) mass is 228 g/mol. The molecule has 2 rings (SSSR count). The van der Waals surface area contributed by atoms with E-state index in [1.54, 1.807) is 12.1 Å². The van der Waals surface area contributed by atoms with E-state index in [0.717, 1.165) is 9.79 Å². The van der Waals surface area contributed by atoms with Gasteiger partial charge in [0.15, 0.2) is 0 Å². The standard InChI is InChI=1S/C12H10N2S.2Li/c13-9-5-1-3-7-11(9)15-12-8-4-2-6-10(12)14;;/h1-8,13-14H;;/q-2;2*+1. The molecule has 2 aromatic rings. The molecule has 0 radical (unpaired) electrons. The van der Waals surface area contributed by atoms with Crippen LogP contribution in [-0.4, -0.2) is 0 Å². The maximum atomic E-state index is 7.71. The van der Waals surface area contributed by atoms with Gasteiger partial charge in [0.1, 0.15) is 0 Å². The molecule has 17 heavy (non-hydrogen) atoms. The molecule has 0 saturated heterocycles.